The van der Waals surface area contributed by atoms with E-state index in [0.29, 0.717) is 5.16 Å². The zero-order valence-electron chi connectivity index (χ0n) is 12.5. The normalized spacial score (nSPS) is 11.2. The minimum absolute atomic E-state index is 0.691. The number of hydrogen-bond acceptors (Lipinski definition) is 7. The van der Waals surface area contributed by atoms with E-state index in [1.807, 2.05) is 17.5 Å². The van der Waals surface area contributed by atoms with Gasteiger partial charge in [0.1, 0.15) is 11.4 Å². The van der Waals surface area contributed by atoms with Crippen LogP contribution < -0.4 is 0 Å². The Labute approximate surface area is 140 Å². The smallest absolute Gasteiger partial charge is 0.220 e. The van der Waals surface area contributed by atoms with Gasteiger partial charge in [0, 0.05) is 0 Å². The third-order valence-corrected chi connectivity index (χ3v) is 5.47. The molecule has 0 aliphatic rings. The van der Waals surface area contributed by atoms with E-state index in [9.17, 15) is 0 Å². The number of rotatable bonds is 3. The summed E-state index contributed by atoms with van der Waals surface area (Å²) in [6, 6.07) is 8.13. The Balaban J connectivity index is 1.81. The monoisotopic (exact) mass is 340 g/mol. The molecule has 0 saturated heterocycles. The summed E-state index contributed by atoms with van der Waals surface area (Å²) in [5.41, 5.74) is 4.21. The van der Waals surface area contributed by atoms with E-state index in [0.717, 1.165) is 32.1 Å². The minimum atomic E-state index is 0.691. The number of thiophene rings is 1. The maximum absolute atomic E-state index is 4.39. The zero-order chi connectivity index (χ0) is 15.8. The van der Waals surface area contributed by atoms with Crippen LogP contribution in [0.2, 0.25) is 0 Å². The van der Waals surface area contributed by atoms with E-state index >= 15 is 0 Å². The Morgan fingerprint density at radius 3 is 2.74 bits per heavy atom. The van der Waals surface area contributed by atoms with Crippen molar-refractivity contribution in [2.24, 2.45) is 0 Å². The molecule has 0 bridgehead atoms. The first-order valence-electron chi connectivity index (χ1n) is 6.95. The molecule has 4 aromatic rings. The number of benzene rings is 1. The summed E-state index contributed by atoms with van der Waals surface area (Å²) in [4.78, 5) is 8.65. The van der Waals surface area contributed by atoms with Crippen LogP contribution in [0, 0.1) is 13.8 Å². The number of fused-ring (bicyclic) bond motifs is 1. The van der Waals surface area contributed by atoms with Crippen molar-refractivity contribution < 1.29 is 0 Å². The van der Waals surface area contributed by atoms with Gasteiger partial charge < -0.3 is 0 Å². The molecule has 0 amide bonds. The fourth-order valence-electron chi connectivity index (χ4n) is 2.45. The first-order chi connectivity index (χ1) is 11.2. The van der Waals surface area contributed by atoms with E-state index in [1.165, 1.54) is 11.8 Å². The molecular formula is C15H12N6S2. The number of aromatic nitrogens is 6. The second-order valence-corrected chi connectivity index (χ2v) is 6.90. The van der Waals surface area contributed by atoms with Crippen molar-refractivity contribution >= 4 is 33.3 Å². The Bertz CT molecular complexity index is 970. The van der Waals surface area contributed by atoms with Gasteiger partial charge in [0.15, 0.2) is 0 Å². The van der Waals surface area contributed by atoms with Crippen molar-refractivity contribution in [3.8, 4) is 5.69 Å². The molecule has 0 aliphatic carbocycles. The van der Waals surface area contributed by atoms with Crippen molar-refractivity contribution in [2.45, 2.75) is 24.0 Å². The molecule has 6 nitrogen and oxygen atoms in total. The van der Waals surface area contributed by atoms with Gasteiger partial charge in [-0.2, -0.15) is 4.68 Å². The molecule has 1 aromatic carbocycles. The summed E-state index contributed by atoms with van der Waals surface area (Å²) in [5, 5.41) is 15.8. The van der Waals surface area contributed by atoms with E-state index < -0.39 is 0 Å². The highest BCUT2D eigenvalue weighted by Crippen LogP contribution is 2.33. The lowest BCUT2D eigenvalue weighted by atomic mass is 10.1. The summed E-state index contributed by atoms with van der Waals surface area (Å²) in [6.07, 6.45) is 1.57. The van der Waals surface area contributed by atoms with Gasteiger partial charge in [-0.1, -0.05) is 18.2 Å². The van der Waals surface area contributed by atoms with Crippen LogP contribution in [-0.4, -0.2) is 30.2 Å². The molecular weight excluding hydrogens is 328 g/mol. The van der Waals surface area contributed by atoms with Gasteiger partial charge in [-0.25, -0.2) is 9.97 Å². The molecule has 0 radical (unpaired) electrons. The lowest BCUT2D eigenvalue weighted by Gasteiger charge is -2.10. The molecule has 3 aromatic heterocycles. The maximum atomic E-state index is 4.39. The Morgan fingerprint density at radius 1 is 1.09 bits per heavy atom. The van der Waals surface area contributed by atoms with Crippen molar-refractivity contribution in [3.63, 3.8) is 0 Å². The average molecular weight is 340 g/mol. The van der Waals surface area contributed by atoms with Crippen LogP contribution in [0.25, 0.3) is 15.9 Å². The predicted molar refractivity (Wildman–Crippen MR) is 90.2 cm³/mol. The van der Waals surface area contributed by atoms with Gasteiger partial charge in [-0.15, -0.1) is 16.4 Å². The van der Waals surface area contributed by atoms with E-state index in [1.54, 1.807) is 22.3 Å². The van der Waals surface area contributed by atoms with Gasteiger partial charge in [0.05, 0.1) is 15.9 Å². The Hall–Kier alpha value is -2.32. The van der Waals surface area contributed by atoms with Gasteiger partial charge in [-0.05, 0) is 58.6 Å². The van der Waals surface area contributed by atoms with Gasteiger partial charge in [0.2, 0.25) is 5.16 Å². The highest BCUT2D eigenvalue weighted by Gasteiger charge is 2.16. The molecule has 114 valence electrons. The lowest BCUT2D eigenvalue weighted by molar-refractivity contribution is 0.747. The molecule has 0 aliphatic heterocycles. The summed E-state index contributed by atoms with van der Waals surface area (Å²) in [6.45, 7) is 4.11. The third-order valence-electron chi connectivity index (χ3n) is 3.49. The largest absolute Gasteiger partial charge is 0.235 e. The van der Waals surface area contributed by atoms with Crippen molar-refractivity contribution in [3.05, 3.63) is 47.1 Å². The van der Waals surface area contributed by atoms with Crippen molar-refractivity contribution in [1.82, 2.24) is 30.2 Å². The second-order valence-electron chi connectivity index (χ2n) is 5.03. The molecule has 4 rings (SSSR count). The van der Waals surface area contributed by atoms with Crippen LogP contribution in [0.3, 0.4) is 0 Å². The second kappa shape index (κ2) is 5.71. The van der Waals surface area contributed by atoms with Crippen molar-refractivity contribution in [2.75, 3.05) is 0 Å². The van der Waals surface area contributed by atoms with Gasteiger partial charge in [0.25, 0.3) is 0 Å². The zero-order valence-corrected chi connectivity index (χ0v) is 14.1. The Kier molecular flexibility index (Phi) is 3.55. The SMILES string of the molecule is Cc1cccc(C)c1-n1nnnc1Sc1ncnc2ccsc12. The Morgan fingerprint density at radius 2 is 1.91 bits per heavy atom. The molecule has 0 fully saturated rings. The topological polar surface area (TPSA) is 69.4 Å². The highest BCUT2D eigenvalue weighted by molar-refractivity contribution is 7.99. The number of nitrogens with zero attached hydrogens (tertiary/aromatic N) is 6. The van der Waals surface area contributed by atoms with Crippen LogP contribution in [0.1, 0.15) is 11.1 Å². The van der Waals surface area contributed by atoms with Crippen LogP contribution in [0.5, 0.6) is 0 Å². The molecule has 3 heterocycles. The first-order valence-corrected chi connectivity index (χ1v) is 8.64. The molecule has 0 saturated carbocycles. The maximum Gasteiger partial charge on any atom is 0.220 e. The summed E-state index contributed by atoms with van der Waals surface area (Å²) in [5.74, 6) is 0. The lowest BCUT2D eigenvalue weighted by Crippen LogP contribution is -2.04. The van der Waals surface area contributed by atoms with E-state index in [4.69, 9.17) is 0 Å². The highest BCUT2D eigenvalue weighted by atomic mass is 32.2. The van der Waals surface area contributed by atoms with Gasteiger partial charge >= 0.3 is 0 Å². The van der Waals surface area contributed by atoms with Crippen LogP contribution in [0.15, 0.2) is 46.2 Å². The number of hydrogen-bond donors (Lipinski definition) is 0. The summed E-state index contributed by atoms with van der Waals surface area (Å²) in [7, 11) is 0. The van der Waals surface area contributed by atoms with Crippen molar-refractivity contribution in [1.29, 1.82) is 0 Å². The summed E-state index contributed by atoms with van der Waals surface area (Å²) >= 11 is 3.07. The molecule has 23 heavy (non-hydrogen) atoms. The van der Waals surface area contributed by atoms with Crippen LogP contribution in [-0.2, 0) is 0 Å². The van der Waals surface area contributed by atoms with Crippen LogP contribution in [0.4, 0.5) is 0 Å². The van der Waals surface area contributed by atoms with Crippen LogP contribution >= 0.6 is 23.1 Å². The number of para-hydroxylation sites is 1. The van der Waals surface area contributed by atoms with E-state index in [-0.39, 0.29) is 0 Å². The number of tetrazole rings is 1. The summed E-state index contributed by atoms with van der Waals surface area (Å²) < 4.78 is 2.82. The predicted octanol–water partition coefficient (Wildman–Crippen LogP) is 3.44. The molecule has 8 heteroatoms. The molecule has 0 N–H and O–H groups in total. The minimum Gasteiger partial charge on any atom is -0.235 e. The van der Waals surface area contributed by atoms with Gasteiger partial charge in [-0.3, -0.25) is 0 Å². The fourth-order valence-corrected chi connectivity index (χ4v) is 4.21. The van der Waals surface area contributed by atoms with E-state index in [2.05, 4.69) is 51.5 Å². The molecule has 0 atom stereocenters. The number of aryl methyl sites for hydroxylation is 2. The standard InChI is InChI=1S/C15H12N6S2/c1-9-4-3-5-10(2)12(9)21-15(18-19-20-21)23-14-13-11(6-7-22-13)16-8-17-14/h3-8H,1-2H3. The molecule has 0 unspecified atom stereocenters. The molecule has 0 spiro atoms. The third kappa shape index (κ3) is 2.49. The first kappa shape index (κ1) is 14.3. The average Bonchev–Trinajstić information content (AvgIpc) is 3.17. The quantitative estimate of drug-likeness (QED) is 0.532. The fraction of sp³-hybridized carbons (Fsp3) is 0.133.